The van der Waals surface area contributed by atoms with E-state index in [1.165, 1.54) is 18.2 Å². The van der Waals surface area contributed by atoms with E-state index in [0.717, 1.165) is 0 Å². The summed E-state index contributed by atoms with van der Waals surface area (Å²) in [6.45, 7) is -2.03. The second-order valence-corrected chi connectivity index (χ2v) is 3.95. The van der Waals surface area contributed by atoms with E-state index in [4.69, 9.17) is 22.1 Å². The summed E-state index contributed by atoms with van der Waals surface area (Å²) in [7, 11) is 0. The molecule has 0 saturated carbocycles. The lowest BCUT2D eigenvalue weighted by molar-refractivity contribution is -0.175. The van der Waals surface area contributed by atoms with Crippen LogP contribution in [0.4, 0.5) is 18.9 Å². The summed E-state index contributed by atoms with van der Waals surface area (Å²) in [5.74, 6) is -0.749. The number of nitrogen functional groups attached to an aromatic ring is 1. The number of carbonyl (C=O) groups is 1. The first-order chi connectivity index (χ1) is 8.79. The van der Waals surface area contributed by atoms with E-state index in [2.05, 4.69) is 4.74 Å². The standard InChI is InChI=1S/C11H11ClF3NO3/c12-9-5-7(16)1-2-8(9)10(17)19-4-3-18-6-11(13,14)15/h1-2,5H,3-4,6,16H2. The summed E-state index contributed by atoms with van der Waals surface area (Å²) in [5, 5.41) is 0.112. The first-order valence-electron chi connectivity index (χ1n) is 5.16. The summed E-state index contributed by atoms with van der Waals surface area (Å²) in [5.41, 5.74) is 5.92. The molecule has 1 rings (SSSR count). The number of halogens is 4. The Morgan fingerprint density at radius 3 is 2.58 bits per heavy atom. The molecule has 19 heavy (non-hydrogen) atoms. The monoisotopic (exact) mass is 297 g/mol. The fourth-order valence-electron chi connectivity index (χ4n) is 1.16. The Bertz CT molecular complexity index is 451. The van der Waals surface area contributed by atoms with Crippen molar-refractivity contribution in [2.75, 3.05) is 25.6 Å². The van der Waals surface area contributed by atoms with Crippen LogP contribution in [0, 0.1) is 0 Å². The number of carbonyl (C=O) groups excluding carboxylic acids is 1. The van der Waals surface area contributed by atoms with E-state index in [0.29, 0.717) is 5.69 Å². The molecular formula is C11H11ClF3NO3. The summed E-state index contributed by atoms with van der Waals surface area (Å²) < 4.78 is 44.2. The van der Waals surface area contributed by atoms with Crippen LogP contribution in [0.5, 0.6) is 0 Å². The Morgan fingerprint density at radius 2 is 2.00 bits per heavy atom. The van der Waals surface area contributed by atoms with Crippen LogP contribution in [-0.4, -0.2) is 32.0 Å². The third-order valence-electron chi connectivity index (χ3n) is 1.94. The molecule has 0 amide bonds. The second-order valence-electron chi connectivity index (χ2n) is 3.54. The highest BCUT2D eigenvalue weighted by Gasteiger charge is 2.27. The minimum absolute atomic E-state index is 0.0895. The van der Waals surface area contributed by atoms with Crippen molar-refractivity contribution >= 4 is 23.3 Å². The molecule has 0 aliphatic rings. The van der Waals surface area contributed by atoms with Crippen LogP contribution in [0.25, 0.3) is 0 Å². The van der Waals surface area contributed by atoms with Crippen molar-refractivity contribution in [3.8, 4) is 0 Å². The molecule has 106 valence electrons. The van der Waals surface area contributed by atoms with Gasteiger partial charge >= 0.3 is 12.1 Å². The number of ether oxygens (including phenoxy) is 2. The van der Waals surface area contributed by atoms with Crippen molar-refractivity contribution in [2.45, 2.75) is 6.18 Å². The van der Waals surface area contributed by atoms with Crippen molar-refractivity contribution in [2.24, 2.45) is 0 Å². The molecule has 8 heteroatoms. The van der Waals surface area contributed by atoms with Gasteiger partial charge in [-0.25, -0.2) is 4.79 Å². The number of hydrogen-bond acceptors (Lipinski definition) is 4. The molecule has 4 nitrogen and oxygen atoms in total. The molecule has 0 bridgehead atoms. The number of benzene rings is 1. The lowest BCUT2D eigenvalue weighted by Crippen LogP contribution is -2.19. The molecule has 0 saturated heterocycles. The van der Waals surface area contributed by atoms with E-state index in [1.54, 1.807) is 0 Å². The molecule has 1 aromatic rings. The molecule has 0 heterocycles. The van der Waals surface area contributed by atoms with E-state index < -0.39 is 18.8 Å². The van der Waals surface area contributed by atoms with Gasteiger partial charge in [0.05, 0.1) is 17.2 Å². The minimum Gasteiger partial charge on any atom is -0.460 e. The number of alkyl halides is 3. The van der Waals surface area contributed by atoms with Crippen LogP contribution in [0.1, 0.15) is 10.4 Å². The highest BCUT2D eigenvalue weighted by molar-refractivity contribution is 6.33. The number of esters is 1. The smallest absolute Gasteiger partial charge is 0.411 e. The predicted molar refractivity (Wildman–Crippen MR) is 63.0 cm³/mol. The largest absolute Gasteiger partial charge is 0.460 e. The quantitative estimate of drug-likeness (QED) is 0.515. The van der Waals surface area contributed by atoms with Crippen LogP contribution in [0.2, 0.25) is 5.02 Å². The van der Waals surface area contributed by atoms with Crippen LogP contribution in [-0.2, 0) is 9.47 Å². The highest BCUT2D eigenvalue weighted by atomic mass is 35.5. The van der Waals surface area contributed by atoms with Gasteiger partial charge in [-0.2, -0.15) is 13.2 Å². The lowest BCUT2D eigenvalue weighted by Gasteiger charge is -2.09. The average Bonchev–Trinajstić information content (AvgIpc) is 2.26. The fourth-order valence-corrected chi connectivity index (χ4v) is 1.42. The van der Waals surface area contributed by atoms with Gasteiger partial charge in [-0.05, 0) is 18.2 Å². The molecule has 0 atom stereocenters. The molecule has 0 spiro atoms. The van der Waals surface area contributed by atoms with Crippen molar-refractivity contribution in [3.63, 3.8) is 0 Å². The third-order valence-corrected chi connectivity index (χ3v) is 2.25. The molecule has 0 aliphatic heterocycles. The zero-order valence-corrected chi connectivity index (χ0v) is 10.4. The average molecular weight is 298 g/mol. The molecule has 2 N–H and O–H groups in total. The molecular weight excluding hydrogens is 287 g/mol. The highest BCUT2D eigenvalue weighted by Crippen LogP contribution is 2.20. The van der Waals surface area contributed by atoms with E-state index in [9.17, 15) is 18.0 Å². The Labute approximate surface area is 112 Å². The fraction of sp³-hybridized carbons (Fsp3) is 0.364. The maximum Gasteiger partial charge on any atom is 0.411 e. The van der Waals surface area contributed by atoms with Crippen molar-refractivity contribution < 1.29 is 27.4 Å². The van der Waals surface area contributed by atoms with Crippen molar-refractivity contribution in [1.82, 2.24) is 0 Å². The van der Waals surface area contributed by atoms with Crippen molar-refractivity contribution in [1.29, 1.82) is 0 Å². The van der Waals surface area contributed by atoms with Crippen LogP contribution in [0.15, 0.2) is 18.2 Å². The number of rotatable bonds is 5. The summed E-state index contributed by atoms with van der Waals surface area (Å²) in [4.78, 5) is 11.5. The van der Waals surface area contributed by atoms with Gasteiger partial charge in [0.1, 0.15) is 13.2 Å². The van der Waals surface area contributed by atoms with Crippen molar-refractivity contribution in [3.05, 3.63) is 28.8 Å². The zero-order valence-electron chi connectivity index (χ0n) is 9.67. The van der Waals surface area contributed by atoms with Gasteiger partial charge in [-0.15, -0.1) is 0 Å². The molecule has 1 aromatic carbocycles. The van der Waals surface area contributed by atoms with Gasteiger partial charge in [0.2, 0.25) is 0 Å². The van der Waals surface area contributed by atoms with Gasteiger partial charge in [0.15, 0.2) is 0 Å². The topological polar surface area (TPSA) is 61.6 Å². The summed E-state index contributed by atoms with van der Waals surface area (Å²) in [6.07, 6.45) is -4.40. The van der Waals surface area contributed by atoms with Crippen LogP contribution in [0.3, 0.4) is 0 Å². The Balaban J connectivity index is 2.36. The SMILES string of the molecule is Nc1ccc(C(=O)OCCOCC(F)(F)F)c(Cl)c1. The predicted octanol–water partition coefficient (Wildman–Crippen LogP) is 2.66. The van der Waals surface area contributed by atoms with Gasteiger partial charge < -0.3 is 15.2 Å². The lowest BCUT2D eigenvalue weighted by atomic mass is 10.2. The Morgan fingerprint density at radius 1 is 1.32 bits per heavy atom. The van der Waals surface area contributed by atoms with Gasteiger partial charge in [0, 0.05) is 5.69 Å². The van der Waals surface area contributed by atoms with Gasteiger partial charge in [-0.1, -0.05) is 11.6 Å². The molecule has 0 aromatic heterocycles. The first-order valence-corrected chi connectivity index (χ1v) is 5.54. The number of anilines is 1. The molecule has 0 radical (unpaired) electrons. The summed E-state index contributed by atoms with van der Waals surface area (Å²) in [6, 6.07) is 4.21. The molecule has 0 aliphatic carbocycles. The Hall–Kier alpha value is -1.47. The summed E-state index contributed by atoms with van der Waals surface area (Å²) >= 11 is 5.76. The maximum absolute atomic E-state index is 11.7. The minimum atomic E-state index is -4.40. The van der Waals surface area contributed by atoms with Crippen LogP contribution >= 0.6 is 11.6 Å². The second kappa shape index (κ2) is 6.63. The van der Waals surface area contributed by atoms with E-state index >= 15 is 0 Å². The first kappa shape index (κ1) is 15.6. The third kappa shape index (κ3) is 5.80. The normalized spacial score (nSPS) is 11.4. The molecule has 0 fully saturated rings. The number of nitrogens with two attached hydrogens (primary N) is 1. The molecule has 0 unspecified atom stereocenters. The Kier molecular flexibility index (Phi) is 5.44. The maximum atomic E-state index is 11.7. The van der Waals surface area contributed by atoms with E-state index in [-0.39, 0.29) is 23.8 Å². The van der Waals surface area contributed by atoms with Crippen LogP contribution < -0.4 is 5.73 Å². The van der Waals surface area contributed by atoms with Gasteiger partial charge in [0.25, 0.3) is 0 Å². The van der Waals surface area contributed by atoms with Gasteiger partial charge in [-0.3, -0.25) is 0 Å². The van der Waals surface area contributed by atoms with E-state index in [1.807, 2.05) is 0 Å². The zero-order chi connectivity index (χ0) is 14.5. The number of hydrogen-bond donors (Lipinski definition) is 1.